The molecule has 0 unspecified atom stereocenters. The van der Waals surface area contributed by atoms with Crippen LogP contribution in [-0.4, -0.2) is 31.3 Å². The number of benzene rings is 1. The Morgan fingerprint density at radius 1 is 1.14 bits per heavy atom. The summed E-state index contributed by atoms with van der Waals surface area (Å²) < 4.78 is 10.7. The quantitative estimate of drug-likeness (QED) is 0.800. The van der Waals surface area contributed by atoms with Gasteiger partial charge in [0.05, 0.1) is 13.7 Å². The summed E-state index contributed by atoms with van der Waals surface area (Å²) in [6, 6.07) is 10.5. The number of nitrogens with one attached hydrogen (secondary N) is 2. The maximum absolute atomic E-state index is 11.6. The smallest absolute Gasteiger partial charge is 0.319 e. The molecule has 21 heavy (non-hydrogen) atoms. The fourth-order valence-corrected chi connectivity index (χ4v) is 1.67. The van der Waals surface area contributed by atoms with E-state index in [2.05, 4.69) is 15.6 Å². The van der Waals surface area contributed by atoms with E-state index >= 15 is 0 Å². The van der Waals surface area contributed by atoms with Crippen molar-refractivity contribution in [1.29, 1.82) is 0 Å². The molecule has 0 saturated carbocycles. The van der Waals surface area contributed by atoms with Gasteiger partial charge in [-0.05, 0) is 24.3 Å². The highest BCUT2D eigenvalue weighted by molar-refractivity contribution is 5.88. The Bertz CT molecular complexity index is 575. The van der Waals surface area contributed by atoms with Gasteiger partial charge < -0.3 is 20.1 Å². The zero-order valence-corrected chi connectivity index (χ0v) is 11.7. The lowest BCUT2D eigenvalue weighted by Gasteiger charge is -2.11. The monoisotopic (exact) mass is 287 g/mol. The maximum atomic E-state index is 11.6. The highest BCUT2D eigenvalue weighted by atomic mass is 16.5. The van der Waals surface area contributed by atoms with Crippen molar-refractivity contribution < 1.29 is 14.3 Å². The van der Waals surface area contributed by atoms with Crippen LogP contribution < -0.4 is 20.1 Å². The summed E-state index contributed by atoms with van der Waals surface area (Å²) in [5.74, 6) is 1.31. The van der Waals surface area contributed by atoms with Gasteiger partial charge in [-0.2, -0.15) is 0 Å². The first-order valence-corrected chi connectivity index (χ1v) is 6.50. The van der Waals surface area contributed by atoms with Gasteiger partial charge in [-0.3, -0.25) is 4.98 Å². The number of hydrogen-bond acceptors (Lipinski definition) is 4. The Morgan fingerprint density at radius 3 is 2.57 bits per heavy atom. The zero-order chi connectivity index (χ0) is 14.9. The van der Waals surface area contributed by atoms with Gasteiger partial charge in [-0.1, -0.05) is 12.1 Å². The second-order valence-electron chi connectivity index (χ2n) is 4.12. The number of aromatic nitrogens is 1. The van der Waals surface area contributed by atoms with E-state index in [0.717, 1.165) is 0 Å². The average molecular weight is 287 g/mol. The van der Waals surface area contributed by atoms with E-state index in [1.807, 2.05) is 24.3 Å². The number of nitrogens with zero attached hydrogens (tertiary/aromatic N) is 1. The molecule has 0 bridgehead atoms. The molecular weight excluding hydrogens is 270 g/mol. The third kappa shape index (κ3) is 4.68. The van der Waals surface area contributed by atoms with E-state index in [9.17, 15) is 4.79 Å². The number of para-hydroxylation sites is 2. The number of urea groups is 1. The van der Waals surface area contributed by atoms with Crippen molar-refractivity contribution in [3.8, 4) is 11.5 Å². The molecule has 2 amide bonds. The number of rotatable bonds is 6. The minimum absolute atomic E-state index is 0.287. The van der Waals surface area contributed by atoms with Gasteiger partial charge in [-0.15, -0.1) is 0 Å². The van der Waals surface area contributed by atoms with Crippen molar-refractivity contribution in [2.24, 2.45) is 0 Å². The molecule has 0 spiro atoms. The molecule has 1 aromatic carbocycles. The summed E-state index contributed by atoms with van der Waals surface area (Å²) >= 11 is 0. The fourth-order valence-electron chi connectivity index (χ4n) is 1.67. The molecule has 0 aliphatic rings. The molecule has 2 rings (SSSR count). The molecule has 1 aromatic heterocycles. The average Bonchev–Trinajstić information content (AvgIpc) is 2.53. The minimum atomic E-state index is -0.287. The molecule has 6 heteroatoms. The molecule has 0 radical (unpaired) electrons. The first-order valence-electron chi connectivity index (χ1n) is 6.50. The van der Waals surface area contributed by atoms with Crippen molar-refractivity contribution in [3.05, 3.63) is 48.8 Å². The van der Waals surface area contributed by atoms with Crippen molar-refractivity contribution in [2.75, 3.05) is 25.6 Å². The van der Waals surface area contributed by atoms with Crippen molar-refractivity contribution in [2.45, 2.75) is 0 Å². The number of amides is 2. The van der Waals surface area contributed by atoms with Crippen molar-refractivity contribution >= 4 is 11.7 Å². The molecule has 110 valence electrons. The van der Waals surface area contributed by atoms with Gasteiger partial charge in [0, 0.05) is 18.1 Å². The van der Waals surface area contributed by atoms with E-state index in [1.54, 1.807) is 31.6 Å². The second-order valence-corrected chi connectivity index (χ2v) is 4.12. The highest BCUT2D eigenvalue weighted by Crippen LogP contribution is 2.25. The van der Waals surface area contributed by atoms with E-state index in [1.165, 1.54) is 0 Å². The SMILES string of the molecule is COc1ccccc1OCCNC(=O)Nc1ccncc1. The molecule has 1 heterocycles. The lowest BCUT2D eigenvalue weighted by Crippen LogP contribution is -2.32. The van der Waals surface area contributed by atoms with Gasteiger partial charge in [0.1, 0.15) is 6.61 Å². The van der Waals surface area contributed by atoms with Gasteiger partial charge in [0.15, 0.2) is 11.5 Å². The Labute approximate surface area is 123 Å². The Hall–Kier alpha value is -2.76. The largest absolute Gasteiger partial charge is 0.493 e. The lowest BCUT2D eigenvalue weighted by atomic mass is 10.3. The number of carbonyl (C=O) groups is 1. The van der Waals surface area contributed by atoms with Crippen LogP contribution in [0.15, 0.2) is 48.8 Å². The van der Waals surface area contributed by atoms with E-state index in [4.69, 9.17) is 9.47 Å². The molecule has 0 saturated heterocycles. The molecule has 0 aliphatic carbocycles. The summed E-state index contributed by atoms with van der Waals surface area (Å²) in [4.78, 5) is 15.5. The van der Waals surface area contributed by atoms with Gasteiger partial charge in [0.25, 0.3) is 0 Å². The first-order chi connectivity index (χ1) is 10.3. The summed E-state index contributed by atoms with van der Waals surface area (Å²) in [5.41, 5.74) is 0.688. The molecule has 2 aromatic rings. The van der Waals surface area contributed by atoms with Gasteiger partial charge in [-0.25, -0.2) is 4.79 Å². The Balaban J connectivity index is 1.71. The highest BCUT2D eigenvalue weighted by Gasteiger charge is 2.03. The van der Waals surface area contributed by atoms with E-state index in [0.29, 0.717) is 30.3 Å². The number of pyridine rings is 1. The number of hydrogen-bond donors (Lipinski definition) is 2. The summed E-state index contributed by atoms with van der Waals surface area (Å²) in [6.07, 6.45) is 3.22. The van der Waals surface area contributed by atoms with Gasteiger partial charge in [0.2, 0.25) is 0 Å². The molecule has 0 atom stereocenters. The first kappa shape index (κ1) is 14.6. The van der Waals surface area contributed by atoms with Crippen molar-refractivity contribution in [1.82, 2.24) is 10.3 Å². The maximum Gasteiger partial charge on any atom is 0.319 e. The Morgan fingerprint density at radius 2 is 1.86 bits per heavy atom. The summed E-state index contributed by atoms with van der Waals surface area (Å²) in [7, 11) is 1.59. The zero-order valence-electron chi connectivity index (χ0n) is 11.7. The van der Waals surface area contributed by atoms with Crippen LogP contribution in [0.25, 0.3) is 0 Å². The molecule has 2 N–H and O–H groups in total. The van der Waals surface area contributed by atoms with E-state index < -0.39 is 0 Å². The van der Waals surface area contributed by atoms with Crippen LogP contribution in [0.1, 0.15) is 0 Å². The topological polar surface area (TPSA) is 72.5 Å². The molecule has 6 nitrogen and oxygen atoms in total. The predicted octanol–water partition coefficient (Wildman–Crippen LogP) is 2.29. The third-order valence-electron chi connectivity index (χ3n) is 2.65. The number of ether oxygens (including phenoxy) is 2. The van der Waals surface area contributed by atoms with Crippen LogP contribution in [0.4, 0.5) is 10.5 Å². The van der Waals surface area contributed by atoms with Crippen LogP contribution >= 0.6 is 0 Å². The van der Waals surface area contributed by atoms with Crippen LogP contribution in [0.5, 0.6) is 11.5 Å². The third-order valence-corrected chi connectivity index (χ3v) is 2.65. The van der Waals surface area contributed by atoms with E-state index in [-0.39, 0.29) is 6.03 Å². The molecular formula is C15H17N3O3. The van der Waals surface area contributed by atoms with Crippen LogP contribution in [0, 0.1) is 0 Å². The molecule has 0 fully saturated rings. The number of anilines is 1. The fraction of sp³-hybridized carbons (Fsp3) is 0.200. The summed E-state index contributed by atoms with van der Waals surface area (Å²) in [6.45, 7) is 0.735. The number of methoxy groups -OCH3 is 1. The lowest BCUT2D eigenvalue weighted by molar-refractivity contribution is 0.246. The standard InChI is InChI=1S/C15H17N3O3/c1-20-13-4-2-3-5-14(13)21-11-10-17-15(19)18-12-6-8-16-9-7-12/h2-9H,10-11H2,1H3,(H2,16,17,18,19). The predicted molar refractivity (Wildman–Crippen MR) is 79.7 cm³/mol. The van der Waals surface area contributed by atoms with Crippen LogP contribution in [0.2, 0.25) is 0 Å². The summed E-state index contributed by atoms with van der Waals surface area (Å²) in [5, 5.41) is 5.40. The molecule has 0 aliphatic heterocycles. The Kier molecular flexibility index (Phi) is 5.40. The minimum Gasteiger partial charge on any atom is -0.493 e. The van der Waals surface area contributed by atoms with Crippen LogP contribution in [-0.2, 0) is 0 Å². The number of carbonyl (C=O) groups excluding carboxylic acids is 1. The van der Waals surface area contributed by atoms with Crippen LogP contribution in [0.3, 0.4) is 0 Å². The normalized spacial score (nSPS) is 9.76. The van der Waals surface area contributed by atoms with Crippen molar-refractivity contribution in [3.63, 3.8) is 0 Å². The second kappa shape index (κ2) is 7.74. The van der Waals surface area contributed by atoms with Gasteiger partial charge >= 0.3 is 6.03 Å².